The van der Waals surface area contributed by atoms with Gasteiger partial charge in [0.25, 0.3) is 0 Å². The quantitative estimate of drug-likeness (QED) is 0.743. The number of ketones is 1. The highest BCUT2D eigenvalue weighted by molar-refractivity contribution is 7.93. The van der Waals surface area contributed by atoms with Crippen LogP contribution in [0.5, 0.6) is 0 Å². The van der Waals surface area contributed by atoms with Crippen molar-refractivity contribution in [3.63, 3.8) is 0 Å². The lowest BCUT2D eigenvalue weighted by atomic mass is 10.0. The fourth-order valence-electron chi connectivity index (χ4n) is 2.68. The SMILES string of the molecule is CC(C)(C(=O)Cc1ccc(C(F)(F)F)cn1)S(=O)(=O)CC1CCOCC1. The normalized spacial score (nSPS) is 17.3. The van der Waals surface area contributed by atoms with E-state index in [9.17, 15) is 26.4 Å². The summed E-state index contributed by atoms with van der Waals surface area (Å²) in [6.45, 7) is 3.69. The number of pyridine rings is 1. The van der Waals surface area contributed by atoms with E-state index in [0.29, 0.717) is 32.3 Å². The highest BCUT2D eigenvalue weighted by Gasteiger charge is 2.42. The molecule has 1 aromatic rings. The van der Waals surface area contributed by atoms with E-state index in [1.807, 2.05) is 0 Å². The summed E-state index contributed by atoms with van der Waals surface area (Å²) in [5.41, 5.74) is -0.808. The van der Waals surface area contributed by atoms with Crippen molar-refractivity contribution in [3.8, 4) is 0 Å². The summed E-state index contributed by atoms with van der Waals surface area (Å²) in [5.74, 6) is -0.739. The molecule has 1 aliphatic rings. The molecule has 2 rings (SSSR count). The van der Waals surface area contributed by atoms with Gasteiger partial charge in [0.15, 0.2) is 15.6 Å². The van der Waals surface area contributed by atoms with E-state index in [1.54, 1.807) is 0 Å². The Morgan fingerprint density at radius 3 is 2.35 bits per heavy atom. The summed E-state index contributed by atoms with van der Waals surface area (Å²) in [6, 6.07) is 1.93. The molecule has 1 aliphatic heterocycles. The van der Waals surface area contributed by atoms with E-state index in [0.717, 1.165) is 12.1 Å². The van der Waals surface area contributed by atoms with Gasteiger partial charge in [-0.3, -0.25) is 9.78 Å². The van der Waals surface area contributed by atoms with Gasteiger partial charge in [0.05, 0.1) is 17.7 Å². The van der Waals surface area contributed by atoms with Gasteiger partial charge in [-0.2, -0.15) is 13.2 Å². The maximum absolute atomic E-state index is 12.7. The van der Waals surface area contributed by atoms with E-state index in [-0.39, 0.29) is 23.8 Å². The fourth-order valence-corrected chi connectivity index (χ4v) is 4.47. The number of sulfone groups is 1. The lowest BCUT2D eigenvalue weighted by molar-refractivity contribution is -0.137. The van der Waals surface area contributed by atoms with Crippen molar-refractivity contribution < 1.29 is 31.1 Å². The number of ether oxygens (including phenoxy) is 1. The third-order valence-electron chi connectivity index (χ3n) is 4.74. The number of aromatic nitrogens is 1. The van der Waals surface area contributed by atoms with Crippen LogP contribution in [0.4, 0.5) is 13.2 Å². The average molecular weight is 393 g/mol. The molecule has 0 bridgehead atoms. The second kappa shape index (κ2) is 7.64. The molecule has 2 heterocycles. The van der Waals surface area contributed by atoms with E-state index in [1.165, 1.54) is 13.8 Å². The molecule has 0 spiro atoms. The molecule has 26 heavy (non-hydrogen) atoms. The summed E-state index contributed by atoms with van der Waals surface area (Å²) < 4.78 is 66.7. The van der Waals surface area contributed by atoms with Gasteiger partial charge in [0.1, 0.15) is 4.75 Å². The van der Waals surface area contributed by atoms with Crippen LogP contribution in [0.3, 0.4) is 0 Å². The van der Waals surface area contributed by atoms with Crippen LogP contribution in [-0.2, 0) is 32.0 Å². The molecule has 5 nitrogen and oxygen atoms in total. The van der Waals surface area contributed by atoms with Crippen molar-refractivity contribution >= 4 is 15.6 Å². The number of nitrogens with zero attached hydrogens (tertiary/aromatic N) is 1. The molecule has 0 amide bonds. The van der Waals surface area contributed by atoms with Crippen LogP contribution in [-0.4, -0.2) is 42.9 Å². The van der Waals surface area contributed by atoms with Gasteiger partial charge >= 0.3 is 6.18 Å². The predicted molar refractivity (Wildman–Crippen MR) is 89.4 cm³/mol. The molecule has 0 atom stereocenters. The van der Waals surface area contributed by atoms with Crippen LogP contribution in [0.15, 0.2) is 18.3 Å². The minimum absolute atomic E-state index is 0.0509. The molecule has 0 aliphatic carbocycles. The Morgan fingerprint density at radius 2 is 1.85 bits per heavy atom. The number of hydrogen-bond acceptors (Lipinski definition) is 5. The first-order chi connectivity index (χ1) is 11.9. The molecule has 1 aromatic heterocycles. The zero-order valence-corrected chi connectivity index (χ0v) is 15.5. The Balaban J connectivity index is 2.08. The summed E-state index contributed by atoms with van der Waals surface area (Å²) in [4.78, 5) is 16.2. The van der Waals surface area contributed by atoms with E-state index in [4.69, 9.17) is 4.74 Å². The number of rotatable bonds is 6. The van der Waals surface area contributed by atoms with E-state index in [2.05, 4.69) is 4.98 Å². The number of alkyl halides is 3. The molecule has 1 fully saturated rings. The Morgan fingerprint density at radius 1 is 1.23 bits per heavy atom. The minimum atomic E-state index is -4.51. The van der Waals surface area contributed by atoms with Crippen molar-refractivity contribution in [1.82, 2.24) is 4.98 Å². The standard InChI is InChI=1S/C17H22F3NO4S/c1-16(2,26(23,24)11-12-5-7-25-8-6-12)15(22)9-14-4-3-13(10-21-14)17(18,19)20/h3-4,10,12H,5-9,11H2,1-2H3. The maximum Gasteiger partial charge on any atom is 0.417 e. The Kier molecular flexibility index (Phi) is 6.12. The summed E-state index contributed by atoms with van der Waals surface area (Å²) in [5, 5.41) is 0. The fraction of sp³-hybridized carbons (Fsp3) is 0.647. The van der Waals surface area contributed by atoms with Gasteiger partial charge in [-0.25, -0.2) is 8.42 Å². The molecule has 146 valence electrons. The monoisotopic (exact) mass is 393 g/mol. The lowest BCUT2D eigenvalue weighted by Crippen LogP contribution is -2.44. The van der Waals surface area contributed by atoms with Crippen LogP contribution in [0, 0.1) is 5.92 Å². The zero-order chi connectivity index (χ0) is 19.6. The summed E-state index contributed by atoms with van der Waals surface area (Å²) >= 11 is 0. The topological polar surface area (TPSA) is 73.3 Å². The lowest BCUT2D eigenvalue weighted by Gasteiger charge is -2.28. The van der Waals surface area contributed by atoms with Crippen molar-refractivity contribution in [2.24, 2.45) is 5.92 Å². The van der Waals surface area contributed by atoms with Gasteiger partial charge in [0, 0.05) is 25.1 Å². The third kappa shape index (κ3) is 4.82. The average Bonchev–Trinajstić information content (AvgIpc) is 2.54. The van der Waals surface area contributed by atoms with Gasteiger partial charge in [-0.05, 0) is 44.7 Å². The second-order valence-corrected chi connectivity index (χ2v) is 9.57. The van der Waals surface area contributed by atoms with Gasteiger partial charge in [-0.15, -0.1) is 0 Å². The van der Waals surface area contributed by atoms with Crippen LogP contribution in [0.1, 0.15) is 37.9 Å². The van der Waals surface area contributed by atoms with Crippen molar-refractivity contribution in [2.45, 2.75) is 44.0 Å². The third-order valence-corrected chi connectivity index (χ3v) is 7.43. The van der Waals surface area contributed by atoms with Crippen LogP contribution >= 0.6 is 0 Å². The molecule has 9 heteroatoms. The molecular formula is C17H22F3NO4S. The number of Topliss-reactive ketones (excluding diaryl/α,β-unsaturated/α-hetero) is 1. The van der Waals surface area contributed by atoms with E-state index >= 15 is 0 Å². The number of carbonyl (C=O) groups excluding carboxylic acids is 1. The van der Waals surface area contributed by atoms with Crippen LogP contribution in [0.2, 0.25) is 0 Å². The summed E-state index contributed by atoms with van der Waals surface area (Å²) in [6.07, 6.45) is -2.94. The molecule has 1 saturated heterocycles. The van der Waals surface area contributed by atoms with Crippen molar-refractivity contribution in [2.75, 3.05) is 19.0 Å². The highest BCUT2D eigenvalue weighted by atomic mass is 32.2. The van der Waals surface area contributed by atoms with Crippen LogP contribution < -0.4 is 0 Å². The highest BCUT2D eigenvalue weighted by Crippen LogP contribution is 2.29. The van der Waals surface area contributed by atoms with Gasteiger partial charge in [-0.1, -0.05) is 0 Å². The van der Waals surface area contributed by atoms with Gasteiger partial charge < -0.3 is 4.74 Å². The first-order valence-corrected chi connectivity index (χ1v) is 9.94. The first kappa shape index (κ1) is 20.8. The smallest absolute Gasteiger partial charge is 0.381 e. The van der Waals surface area contributed by atoms with Crippen LogP contribution in [0.25, 0.3) is 0 Å². The zero-order valence-electron chi connectivity index (χ0n) is 14.7. The first-order valence-electron chi connectivity index (χ1n) is 8.29. The number of hydrogen-bond donors (Lipinski definition) is 0. The second-order valence-electron chi connectivity index (χ2n) is 6.98. The van der Waals surface area contributed by atoms with E-state index < -0.39 is 32.1 Å². The molecular weight excluding hydrogens is 371 g/mol. The molecule has 0 radical (unpaired) electrons. The summed E-state index contributed by atoms with van der Waals surface area (Å²) in [7, 11) is -3.72. The molecule has 0 unspecified atom stereocenters. The Bertz CT molecular complexity index is 736. The molecule has 0 N–H and O–H groups in total. The number of halogens is 3. The minimum Gasteiger partial charge on any atom is -0.381 e. The largest absolute Gasteiger partial charge is 0.417 e. The Labute approximate surface area is 150 Å². The molecule has 0 aromatic carbocycles. The Hall–Kier alpha value is -1.48. The number of carbonyl (C=O) groups is 1. The predicted octanol–water partition coefficient (Wildman–Crippen LogP) is 2.83. The van der Waals surface area contributed by atoms with Crippen molar-refractivity contribution in [3.05, 3.63) is 29.6 Å². The van der Waals surface area contributed by atoms with Crippen molar-refractivity contribution in [1.29, 1.82) is 0 Å². The maximum atomic E-state index is 12.7. The van der Waals surface area contributed by atoms with Gasteiger partial charge in [0.2, 0.25) is 0 Å². The molecule has 0 saturated carbocycles.